The lowest BCUT2D eigenvalue weighted by Gasteiger charge is -2.29. The number of carbonyl (C=O) groups is 1. The summed E-state index contributed by atoms with van der Waals surface area (Å²) in [6.07, 6.45) is 0. The van der Waals surface area contributed by atoms with Gasteiger partial charge in [0.15, 0.2) is 0 Å². The van der Waals surface area contributed by atoms with E-state index in [0.29, 0.717) is 12.3 Å². The largest absolute Gasteiger partial charge is 0.497 e. The average molecular weight is 423 g/mol. The zero-order valence-electron chi connectivity index (χ0n) is 17.6. The molecule has 0 bridgehead atoms. The Bertz CT molecular complexity index is 1010. The predicted octanol–water partition coefficient (Wildman–Crippen LogP) is 2.32. The van der Waals surface area contributed by atoms with Gasteiger partial charge in [0, 0.05) is 31.9 Å². The molecule has 1 aliphatic rings. The number of piperazine rings is 1. The fourth-order valence-corrected chi connectivity index (χ4v) is 3.40. The van der Waals surface area contributed by atoms with E-state index in [-0.39, 0.29) is 11.6 Å². The first-order chi connectivity index (χ1) is 15.2. The first-order valence-electron chi connectivity index (χ1n) is 10.1. The number of aromatic nitrogens is 3. The SMILES string of the molecule is COC(=O)c1nnn(Cc2ccc(OC)cc2)c1Oc1ccc(N2CCNCC2)cc1. The van der Waals surface area contributed by atoms with Crippen LogP contribution in [0, 0.1) is 0 Å². The highest BCUT2D eigenvalue weighted by atomic mass is 16.5. The van der Waals surface area contributed by atoms with Crippen molar-refractivity contribution in [1.82, 2.24) is 20.3 Å². The van der Waals surface area contributed by atoms with Crippen LogP contribution in [0.4, 0.5) is 5.69 Å². The Kier molecular flexibility index (Phi) is 6.32. The molecular formula is C22H25N5O4. The van der Waals surface area contributed by atoms with Gasteiger partial charge >= 0.3 is 5.97 Å². The first kappa shape index (κ1) is 20.7. The minimum absolute atomic E-state index is 0.0298. The summed E-state index contributed by atoms with van der Waals surface area (Å²) in [6.45, 7) is 4.24. The molecule has 0 spiro atoms. The van der Waals surface area contributed by atoms with Crippen molar-refractivity contribution in [3.63, 3.8) is 0 Å². The monoisotopic (exact) mass is 423 g/mol. The van der Waals surface area contributed by atoms with Crippen LogP contribution >= 0.6 is 0 Å². The first-order valence-corrected chi connectivity index (χ1v) is 10.1. The number of ether oxygens (including phenoxy) is 3. The summed E-state index contributed by atoms with van der Waals surface area (Å²) >= 11 is 0. The van der Waals surface area contributed by atoms with E-state index < -0.39 is 5.97 Å². The molecule has 0 unspecified atom stereocenters. The lowest BCUT2D eigenvalue weighted by Crippen LogP contribution is -2.43. The van der Waals surface area contributed by atoms with Crippen molar-refractivity contribution in [1.29, 1.82) is 0 Å². The van der Waals surface area contributed by atoms with Crippen molar-refractivity contribution < 1.29 is 19.0 Å². The Morgan fingerprint density at radius 2 is 1.68 bits per heavy atom. The van der Waals surface area contributed by atoms with E-state index in [1.54, 1.807) is 7.11 Å². The fraction of sp³-hybridized carbons (Fsp3) is 0.318. The van der Waals surface area contributed by atoms with Gasteiger partial charge in [0.2, 0.25) is 5.69 Å². The van der Waals surface area contributed by atoms with Gasteiger partial charge in [-0.25, -0.2) is 9.48 Å². The number of nitrogens with zero attached hydrogens (tertiary/aromatic N) is 4. The summed E-state index contributed by atoms with van der Waals surface area (Å²) in [6, 6.07) is 15.3. The minimum Gasteiger partial charge on any atom is -0.497 e. The molecular weight excluding hydrogens is 398 g/mol. The second-order valence-electron chi connectivity index (χ2n) is 7.07. The van der Waals surface area contributed by atoms with E-state index >= 15 is 0 Å². The number of hydrogen-bond donors (Lipinski definition) is 1. The number of esters is 1. The number of rotatable bonds is 7. The van der Waals surface area contributed by atoms with Gasteiger partial charge in [0.05, 0.1) is 20.8 Å². The molecule has 2 aromatic carbocycles. The molecule has 0 radical (unpaired) electrons. The van der Waals surface area contributed by atoms with E-state index in [1.807, 2.05) is 48.5 Å². The summed E-state index contributed by atoms with van der Waals surface area (Å²) in [5.41, 5.74) is 2.12. The maximum atomic E-state index is 12.2. The highest BCUT2D eigenvalue weighted by molar-refractivity contribution is 5.89. The van der Waals surface area contributed by atoms with Gasteiger partial charge in [-0.05, 0) is 42.0 Å². The molecule has 1 fully saturated rings. The zero-order valence-corrected chi connectivity index (χ0v) is 17.6. The Morgan fingerprint density at radius 1 is 1.00 bits per heavy atom. The number of benzene rings is 2. The molecule has 0 amide bonds. The normalized spacial score (nSPS) is 13.7. The van der Waals surface area contributed by atoms with Crippen LogP contribution in [-0.4, -0.2) is 61.4 Å². The summed E-state index contributed by atoms with van der Waals surface area (Å²) in [5.74, 6) is 0.979. The quantitative estimate of drug-likeness (QED) is 0.579. The third-order valence-corrected chi connectivity index (χ3v) is 5.09. The van der Waals surface area contributed by atoms with Crippen molar-refractivity contribution in [2.75, 3.05) is 45.3 Å². The topological polar surface area (TPSA) is 90.7 Å². The van der Waals surface area contributed by atoms with E-state index in [1.165, 1.54) is 11.8 Å². The maximum absolute atomic E-state index is 12.2. The molecule has 0 aliphatic carbocycles. The van der Waals surface area contributed by atoms with Crippen LogP contribution in [0.5, 0.6) is 17.4 Å². The van der Waals surface area contributed by atoms with Gasteiger partial charge < -0.3 is 24.4 Å². The highest BCUT2D eigenvalue weighted by Gasteiger charge is 2.23. The molecule has 1 aliphatic heterocycles. The molecule has 0 saturated carbocycles. The van der Waals surface area contributed by atoms with Crippen LogP contribution in [-0.2, 0) is 11.3 Å². The average Bonchev–Trinajstić information content (AvgIpc) is 3.22. The second kappa shape index (κ2) is 9.48. The van der Waals surface area contributed by atoms with Crippen LogP contribution < -0.4 is 19.7 Å². The molecule has 4 rings (SSSR count). The molecule has 162 valence electrons. The highest BCUT2D eigenvalue weighted by Crippen LogP contribution is 2.28. The number of methoxy groups -OCH3 is 2. The summed E-state index contributed by atoms with van der Waals surface area (Å²) in [5, 5.41) is 11.4. The lowest BCUT2D eigenvalue weighted by atomic mass is 10.2. The molecule has 2 heterocycles. The van der Waals surface area contributed by atoms with Gasteiger partial charge in [-0.15, -0.1) is 5.10 Å². The standard InChI is InChI=1S/C22H25N5O4/c1-29-18-7-3-16(4-8-18)15-27-21(20(24-25-27)22(28)30-2)31-19-9-5-17(6-10-19)26-13-11-23-12-14-26/h3-10,23H,11-15H2,1-2H3. The number of nitrogens with one attached hydrogen (secondary N) is 1. The van der Waals surface area contributed by atoms with Gasteiger partial charge in [-0.1, -0.05) is 17.3 Å². The van der Waals surface area contributed by atoms with Gasteiger partial charge in [-0.3, -0.25) is 0 Å². The van der Waals surface area contributed by atoms with Crippen molar-refractivity contribution in [2.45, 2.75) is 6.54 Å². The molecule has 0 atom stereocenters. The van der Waals surface area contributed by atoms with Crippen molar-refractivity contribution in [3.05, 3.63) is 59.8 Å². The Labute approximate surface area is 180 Å². The third kappa shape index (κ3) is 4.77. The van der Waals surface area contributed by atoms with Crippen LogP contribution in [0.2, 0.25) is 0 Å². The number of carbonyl (C=O) groups excluding carboxylic acids is 1. The minimum atomic E-state index is -0.603. The Hall–Kier alpha value is -3.59. The van der Waals surface area contributed by atoms with Crippen LogP contribution in [0.1, 0.15) is 16.1 Å². The molecule has 3 aromatic rings. The van der Waals surface area contributed by atoms with Crippen LogP contribution in [0.25, 0.3) is 0 Å². The van der Waals surface area contributed by atoms with Crippen LogP contribution in [0.3, 0.4) is 0 Å². The third-order valence-electron chi connectivity index (χ3n) is 5.09. The van der Waals surface area contributed by atoms with Crippen molar-refractivity contribution in [3.8, 4) is 17.4 Å². The predicted molar refractivity (Wildman–Crippen MR) is 115 cm³/mol. The van der Waals surface area contributed by atoms with Gasteiger partial charge in [0.1, 0.15) is 11.5 Å². The van der Waals surface area contributed by atoms with Gasteiger partial charge in [-0.2, -0.15) is 0 Å². The molecule has 1 aromatic heterocycles. The molecule has 9 nitrogen and oxygen atoms in total. The van der Waals surface area contributed by atoms with E-state index in [9.17, 15) is 4.79 Å². The molecule has 31 heavy (non-hydrogen) atoms. The molecule has 1 N–H and O–H groups in total. The van der Waals surface area contributed by atoms with E-state index in [4.69, 9.17) is 14.2 Å². The Balaban J connectivity index is 1.56. The maximum Gasteiger partial charge on any atom is 0.364 e. The zero-order chi connectivity index (χ0) is 21.6. The summed E-state index contributed by atoms with van der Waals surface area (Å²) in [4.78, 5) is 14.5. The van der Waals surface area contributed by atoms with Gasteiger partial charge in [0.25, 0.3) is 5.88 Å². The van der Waals surface area contributed by atoms with Crippen LogP contribution in [0.15, 0.2) is 48.5 Å². The fourth-order valence-electron chi connectivity index (χ4n) is 3.40. The lowest BCUT2D eigenvalue weighted by molar-refractivity contribution is 0.0590. The van der Waals surface area contributed by atoms with E-state index in [2.05, 4.69) is 20.5 Å². The molecule has 9 heteroatoms. The summed E-state index contributed by atoms with van der Waals surface area (Å²) < 4.78 is 17.6. The summed E-state index contributed by atoms with van der Waals surface area (Å²) in [7, 11) is 2.92. The van der Waals surface area contributed by atoms with Crippen molar-refractivity contribution in [2.24, 2.45) is 0 Å². The smallest absolute Gasteiger partial charge is 0.364 e. The number of anilines is 1. The van der Waals surface area contributed by atoms with E-state index in [0.717, 1.165) is 43.2 Å². The Morgan fingerprint density at radius 3 is 2.32 bits per heavy atom. The molecule has 1 saturated heterocycles. The second-order valence-corrected chi connectivity index (χ2v) is 7.07. The van der Waals surface area contributed by atoms with Crippen molar-refractivity contribution >= 4 is 11.7 Å². The number of hydrogen-bond acceptors (Lipinski definition) is 8.